The molecule has 0 bridgehead atoms. The molecule has 0 N–H and O–H groups in total. The quantitative estimate of drug-likeness (QED) is 0.446. The predicted octanol–water partition coefficient (Wildman–Crippen LogP) is 4.32. The molecule has 0 saturated heterocycles. The molecule has 5 rings (SSSR count). The smallest absolute Gasteiger partial charge is 0.271 e. The normalized spacial score (nSPS) is 12.4. The maximum atomic E-state index is 12.8. The fraction of sp³-hybridized carbons (Fsp3) is 0.182. The van der Waals surface area contributed by atoms with Gasteiger partial charge in [0.25, 0.3) is 5.56 Å². The maximum absolute atomic E-state index is 12.8. The number of hydrogen-bond donors (Lipinski definition) is 0. The summed E-state index contributed by atoms with van der Waals surface area (Å²) in [6.45, 7) is 1.28. The van der Waals surface area contributed by atoms with Crippen molar-refractivity contribution >= 4 is 21.6 Å². The van der Waals surface area contributed by atoms with Gasteiger partial charge in [-0.25, -0.2) is 4.98 Å². The summed E-state index contributed by atoms with van der Waals surface area (Å²) in [6.07, 6.45) is 2.31. The first kappa shape index (κ1) is 17.8. The van der Waals surface area contributed by atoms with Gasteiger partial charge in [0.2, 0.25) is 6.79 Å². The summed E-state index contributed by atoms with van der Waals surface area (Å²) in [5.74, 6) is 2.15. The van der Waals surface area contributed by atoms with Crippen molar-refractivity contribution in [3.05, 3.63) is 71.3 Å². The molecule has 3 heterocycles. The van der Waals surface area contributed by atoms with Crippen molar-refractivity contribution in [1.29, 1.82) is 0 Å². The molecule has 0 atom stereocenters. The van der Waals surface area contributed by atoms with Crippen LogP contribution in [0.5, 0.6) is 17.2 Å². The number of nitrogens with zero attached hydrogens (tertiary/aromatic N) is 2. The van der Waals surface area contributed by atoms with Gasteiger partial charge in [0.15, 0.2) is 11.5 Å². The second-order valence-electron chi connectivity index (χ2n) is 6.65. The Morgan fingerprint density at radius 1 is 1.07 bits per heavy atom. The zero-order valence-corrected chi connectivity index (χ0v) is 16.4. The van der Waals surface area contributed by atoms with Crippen LogP contribution in [0.25, 0.3) is 20.7 Å². The van der Waals surface area contributed by atoms with E-state index in [1.807, 2.05) is 54.6 Å². The predicted molar refractivity (Wildman–Crippen MR) is 112 cm³/mol. The van der Waals surface area contributed by atoms with Crippen LogP contribution < -0.4 is 19.8 Å². The Balaban J connectivity index is 1.26. The number of aryl methyl sites for hydroxylation is 1. The van der Waals surface area contributed by atoms with Crippen LogP contribution in [-0.2, 0) is 6.54 Å². The zero-order valence-electron chi connectivity index (χ0n) is 15.5. The highest BCUT2D eigenvalue weighted by Crippen LogP contribution is 2.35. The van der Waals surface area contributed by atoms with Crippen LogP contribution in [0.2, 0.25) is 0 Å². The molecule has 1 aliphatic heterocycles. The number of benzene rings is 2. The van der Waals surface area contributed by atoms with Crippen LogP contribution in [0, 0.1) is 0 Å². The van der Waals surface area contributed by atoms with Gasteiger partial charge in [-0.2, -0.15) is 0 Å². The fourth-order valence-corrected chi connectivity index (χ4v) is 4.31. The van der Waals surface area contributed by atoms with E-state index >= 15 is 0 Å². The molecule has 4 aromatic rings. The van der Waals surface area contributed by atoms with Gasteiger partial charge >= 0.3 is 0 Å². The van der Waals surface area contributed by atoms with E-state index in [9.17, 15) is 4.79 Å². The van der Waals surface area contributed by atoms with Crippen LogP contribution >= 0.6 is 11.3 Å². The lowest BCUT2D eigenvalue weighted by Gasteiger charge is -2.08. The third-order valence-electron chi connectivity index (χ3n) is 4.72. The van der Waals surface area contributed by atoms with E-state index in [1.54, 1.807) is 10.9 Å². The van der Waals surface area contributed by atoms with Crippen molar-refractivity contribution in [3.8, 4) is 27.7 Å². The van der Waals surface area contributed by atoms with E-state index in [0.717, 1.165) is 27.5 Å². The lowest BCUT2D eigenvalue weighted by molar-refractivity contribution is 0.173. The second-order valence-corrected chi connectivity index (χ2v) is 7.70. The maximum Gasteiger partial charge on any atom is 0.271 e. The van der Waals surface area contributed by atoms with E-state index < -0.39 is 0 Å². The molecule has 0 spiro atoms. The van der Waals surface area contributed by atoms with Crippen LogP contribution in [0.3, 0.4) is 0 Å². The molecule has 146 valence electrons. The van der Waals surface area contributed by atoms with E-state index in [1.165, 1.54) is 11.3 Å². The highest BCUT2D eigenvalue weighted by Gasteiger charge is 2.14. The van der Waals surface area contributed by atoms with E-state index in [-0.39, 0.29) is 12.4 Å². The molecule has 29 heavy (non-hydrogen) atoms. The molecular formula is C22H18N2O4S. The van der Waals surface area contributed by atoms with Gasteiger partial charge in [0.05, 0.1) is 18.5 Å². The van der Waals surface area contributed by atoms with Gasteiger partial charge in [-0.05, 0) is 30.2 Å². The van der Waals surface area contributed by atoms with Crippen LogP contribution in [0.15, 0.2) is 65.7 Å². The summed E-state index contributed by atoms with van der Waals surface area (Å²) in [4.78, 5) is 18.3. The fourth-order valence-electron chi connectivity index (χ4n) is 3.24. The molecule has 0 radical (unpaired) electrons. The first-order valence-electron chi connectivity index (χ1n) is 9.35. The lowest BCUT2D eigenvalue weighted by atomic mass is 10.2. The molecule has 6 nitrogen and oxygen atoms in total. The highest BCUT2D eigenvalue weighted by molar-refractivity contribution is 7.22. The third kappa shape index (κ3) is 3.56. The standard InChI is InChI=1S/C22H18N2O4S/c25-22-21-17(12-20(29-21)15-5-2-1-3-6-15)23-13-24(22)9-4-10-26-16-7-8-18-19(11-16)28-14-27-18/h1-3,5-8,11-13H,4,9-10,14H2. The van der Waals surface area contributed by atoms with Crippen LogP contribution in [0.1, 0.15) is 6.42 Å². The van der Waals surface area contributed by atoms with Gasteiger partial charge in [-0.15, -0.1) is 11.3 Å². The Kier molecular flexibility index (Phi) is 4.65. The van der Waals surface area contributed by atoms with Crippen molar-refractivity contribution in [2.45, 2.75) is 13.0 Å². The van der Waals surface area contributed by atoms with Crippen LogP contribution in [0.4, 0.5) is 0 Å². The van der Waals surface area contributed by atoms with Gasteiger partial charge in [-0.1, -0.05) is 30.3 Å². The Labute approximate surface area is 170 Å². The number of hydrogen-bond acceptors (Lipinski definition) is 6. The SMILES string of the molecule is O=c1c2sc(-c3ccccc3)cc2ncn1CCCOc1ccc2c(c1)OCO2. The summed E-state index contributed by atoms with van der Waals surface area (Å²) in [7, 11) is 0. The Bertz CT molecular complexity index is 1220. The molecule has 7 heteroatoms. The molecule has 0 amide bonds. The van der Waals surface area contributed by atoms with E-state index in [0.29, 0.717) is 30.0 Å². The number of ether oxygens (including phenoxy) is 3. The summed E-state index contributed by atoms with van der Waals surface area (Å²) in [6, 6.07) is 17.5. The number of thiophene rings is 1. The topological polar surface area (TPSA) is 62.6 Å². The highest BCUT2D eigenvalue weighted by atomic mass is 32.1. The molecule has 0 saturated carbocycles. The van der Waals surface area contributed by atoms with E-state index in [4.69, 9.17) is 14.2 Å². The largest absolute Gasteiger partial charge is 0.493 e. The summed E-state index contributed by atoms with van der Waals surface area (Å²) in [5, 5.41) is 0. The van der Waals surface area contributed by atoms with Crippen molar-refractivity contribution < 1.29 is 14.2 Å². The number of fused-ring (bicyclic) bond motifs is 2. The number of aromatic nitrogens is 2. The van der Waals surface area contributed by atoms with E-state index in [2.05, 4.69) is 4.98 Å². The first-order valence-corrected chi connectivity index (χ1v) is 10.2. The molecule has 0 aliphatic carbocycles. The summed E-state index contributed by atoms with van der Waals surface area (Å²) >= 11 is 1.49. The number of rotatable bonds is 6. The average molecular weight is 406 g/mol. The monoisotopic (exact) mass is 406 g/mol. The van der Waals surface area contributed by atoms with Gasteiger partial charge in [-0.3, -0.25) is 9.36 Å². The first-order chi connectivity index (χ1) is 14.3. The van der Waals surface area contributed by atoms with Crippen molar-refractivity contribution in [2.24, 2.45) is 0 Å². The van der Waals surface area contributed by atoms with Crippen LogP contribution in [-0.4, -0.2) is 23.0 Å². The van der Waals surface area contributed by atoms with Crippen molar-refractivity contribution in [1.82, 2.24) is 9.55 Å². The minimum absolute atomic E-state index is 0.00902. The second kappa shape index (κ2) is 7.60. The Morgan fingerprint density at radius 2 is 1.93 bits per heavy atom. The van der Waals surface area contributed by atoms with Gasteiger partial charge in [0.1, 0.15) is 10.4 Å². The Morgan fingerprint density at radius 3 is 2.83 bits per heavy atom. The molecule has 2 aromatic carbocycles. The molecule has 1 aliphatic rings. The lowest BCUT2D eigenvalue weighted by Crippen LogP contribution is -2.20. The van der Waals surface area contributed by atoms with Gasteiger partial charge in [0, 0.05) is 17.5 Å². The minimum atomic E-state index is -0.00902. The molecule has 0 fully saturated rings. The zero-order chi connectivity index (χ0) is 19.6. The van der Waals surface area contributed by atoms with Crippen molar-refractivity contribution in [2.75, 3.05) is 13.4 Å². The van der Waals surface area contributed by atoms with Gasteiger partial charge < -0.3 is 14.2 Å². The molecule has 0 unspecified atom stereocenters. The third-order valence-corrected chi connectivity index (χ3v) is 5.88. The minimum Gasteiger partial charge on any atom is -0.493 e. The summed E-state index contributed by atoms with van der Waals surface area (Å²) < 4.78 is 18.8. The van der Waals surface area contributed by atoms with Crippen molar-refractivity contribution in [3.63, 3.8) is 0 Å². The summed E-state index contributed by atoms with van der Waals surface area (Å²) in [5.41, 5.74) is 1.83. The molecular weight excluding hydrogens is 388 g/mol. The molecule has 2 aromatic heterocycles. The Hall–Kier alpha value is -3.32. The average Bonchev–Trinajstić information content (AvgIpc) is 3.40.